The molecule has 1 aromatic rings. The Morgan fingerprint density at radius 3 is 2.82 bits per heavy atom. The second kappa shape index (κ2) is 6.45. The van der Waals surface area contributed by atoms with Crippen molar-refractivity contribution in [2.24, 2.45) is 5.92 Å². The molecule has 0 fully saturated rings. The van der Waals surface area contributed by atoms with Gasteiger partial charge in [0.1, 0.15) is 5.69 Å². The van der Waals surface area contributed by atoms with Gasteiger partial charge < -0.3 is 15.0 Å². The molecule has 0 bridgehead atoms. The summed E-state index contributed by atoms with van der Waals surface area (Å²) in [4.78, 5) is 11.9. The molecule has 0 saturated heterocycles. The third-order valence-electron chi connectivity index (χ3n) is 2.77. The van der Waals surface area contributed by atoms with Crippen molar-refractivity contribution < 1.29 is 9.90 Å². The molecule has 0 spiro atoms. The van der Waals surface area contributed by atoms with Crippen LogP contribution in [0.15, 0.2) is 18.3 Å². The second-order valence-corrected chi connectivity index (χ2v) is 4.61. The summed E-state index contributed by atoms with van der Waals surface area (Å²) in [5.74, 6) is 0.0286. The van der Waals surface area contributed by atoms with Crippen molar-refractivity contribution in [3.05, 3.63) is 24.0 Å². The number of aryl methyl sites for hydroxylation is 1. The van der Waals surface area contributed by atoms with Crippen LogP contribution in [0.2, 0.25) is 0 Å². The number of rotatable bonds is 6. The smallest absolute Gasteiger partial charge is 0.267 e. The molecule has 1 heterocycles. The molecule has 1 unspecified atom stereocenters. The summed E-state index contributed by atoms with van der Waals surface area (Å²) in [6, 6.07) is 3.66. The Bertz CT molecular complexity index is 358. The predicted octanol–water partition coefficient (Wildman–Crippen LogP) is 1.64. The average molecular weight is 238 g/mol. The molecule has 4 heteroatoms. The topological polar surface area (TPSA) is 54.3 Å². The van der Waals surface area contributed by atoms with Crippen LogP contribution < -0.4 is 5.32 Å². The number of nitrogens with one attached hydrogen (secondary N) is 1. The van der Waals surface area contributed by atoms with Gasteiger partial charge in [-0.15, -0.1) is 0 Å². The zero-order valence-electron chi connectivity index (χ0n) is 10.8. The average Bonchev–Trinajstić information content (AvgIpc) is 2.74. The van der Waals surface area contributed by atoms with Crippen LogP contribution in [0.1, 0.15) is 37.7 Å². The number of carbonyl (C=O) groups is 1. The number of hydrogen-bond donors (Lipinski definition) is 2. The molecule has 17 heavy (non-hydrogen) atoms. The van der Waals surface area contributed by atoms with E-state index in [1.807, 2.05) is 30.7 Å². The van der Waals surface area contributed by atoms with E-state index in [1.165, 1.54) is 0 Å². The molecule has 0 aliphatic heterocycles. The Hall–Kier alpha value is -1.29. The molecule has 0 saturated carbocycles. The van der Waals surface area contributed by atoms with Gasteiger partial charge in [-0.25, -0.2) is 0 Å². The summed E-state index contributed by atoms with van der Waals surface area (Å²) in [7, 11) is 0. The fourth-order valence-corrected chi connectivity index (χ4v) is 1.58. The fourth-order valence-electron chi connectivity index (χ4n) is 1.58. The standard InChI is InChI=1S/C13H22N2O2/c1-4-7-15-8-5-6-11(15)13(17)14-9-12(16)10(2)3/h5-6,8,10,12,16H,4,7,9H2,1-3H3,(H,14,17). The van der Waals surface area contributed by atoms with Gasteiger partial charge in [-0.05, 0) is 24.5 Å². The largest absolute Gasteiger partial charge is 0.391 e. The van der Waals surface area contributed by atoms with E-state index in [0.29, 0.717) is 12.2 Å². The molecule has 0 aromatic carbocycles. The van der Waals surface area contributed by atoms with Gasteiger partial charge in [0, 0.05) is 19.3 Å². The first-order valence-corrected chi connectivity index (χ1v) is 6.17. The van der Waals surface area contributed by atoms with Gasteiger partial charge in [0.25, 0.3) is 5.91 Å². The molecular weight excluding hydrogens is 216 g/mol. The van der Waals surface area contributed by atoms with Crippen LogP contribution in [-0.4, -0.2) is 28.2 Å². The highest BCUT2D eigenvalue weighted by molar-refractivity contribution is 5.92. The van der Waals surface area contributed by atoms with Gasteiger partial charge in [-0.2, -0.15) is 0 Å². The highest BCUT2D eigenvalue weighted by atomic mass is 16.3. The van der Waals surface area contributed by atoms with Crippen LogP contribution >= 0.6 is 0 Å². The van der Waals surface area contributed by atoms with Crippen molar-refractivity contribution >= 4 is 5.91 Å². The van der Waals surface area contributed by atoms with E-state index in [2.05, 4.69) is 12.2 Å². The first-order valence-electron chi connectivity index (χ1n) is 6.17. The summed E-state index contributed by atoms with van der Waals surface area (Å²) in [5.41, 5.74) is 0.655. The summed E-state index contributed by atoms with van der Waals surface area (Å²) >= 11 is 0. The number of amides is 1. The SMILES string of the molecule is CCCn1cccc1C(=O)NCC(O)C(C)C. The van der Waals surface area contributed by atoms with Gasteiger partial charge in [0.15, 0.2) is 0 Å². The minimum Gasteiger partial charge on any atom is -0.391 e. The minimum atomic E-state index is -0.492. The van der Waals surface area contributed by atoms with Crippen molar-refractivity contribution in [2.75, 3.05) is 6.54 Å². The summed E-state index contributed by atoms with van der Waals surface area (Å²) in [6.07, 6.45) is 2.40. The number of aliphatic hydroxyl groups is 1. The van der Waals surface area contributed by atoms with Crippen LogP contribution in [0.5, 0.6) is 0 Å². The molecule has 1 atom stereocenters. The lowest BCUT2D eigenvalue weighted by atomic mass is 10.1. The van der Waals surface area contributed by atoms with Gasteiger partial charge in [-0.1, -0.05) is 20.8 Å². The molecule has 96 valence electrons. The lowest BCUT2D eigenvalue weighted by Crippen LogP contribution is -2.35. The van der Waals surface area contributed by atoms with E-state index in [-0.39, 0.29) is 11.8 Å². The van der Waals surface area contributed by atoms with Crippen molar-refractivity contribution in [1.82, 2.24) is 9.88 Å². The van der Waals surface area contributed by atoms with Crippen LogP contribution in [0.3, 0.4) is 0 Å². The molecule has 0 radical (unpaired) electrons. The summed E-state index contributed by atoms with van der Waals surface area (Å²) in [5, 5.41) is 12.4. The van der Waals surface area contributed by atoms with E-state index in [4.69, 9.17) is 0 Å². The van der Waals surface area contributed by atoms with Gasteiger partial charge in [-0.3, -0.25) is 4.79 Å². The Labute approximate surface area is 103 Å². The first-order chi connectivity index (χ1) is 8.06. The molecule has 1 aromatic heterocycles. The summed E-state index contributed by atoms with van der Waals surface area (Å²) < 4.78 is 1.93. The van der Waals surface area contributed by atoms with E-state index in [0.717, 1.165) is 13.0 Å². The Kier molecular flexibility index (Phi) is 5.22. The Morgan fingerprint density at radius 1 is 1.53 bits per heavy atom. The number of nitrogens with zero attached hydrogens (tertiary/aromatic N) is 1. The van der Waals surface area contributed by atoms with Crippen LogP contribution in [0.25, 0.3) is 0 Å². The maximum absolute atomic E-state index is 11.9. The highest BCUT2D eigenvalue weighted by Gasteiger charge is 2.13. The molecule has 1 rings (SSSR count). The van der Waals surface area contributed by atoms with Crippen molar-refractivity contribution in [3.63, 3.8) is 0 Å². The number of aliphatic hydroxyl groups excluding tert-OH is 1. The van der Waals surface area contributed by atoms with Crippen LogP contribution in [-0.2, 0) is 6.54 Å². The van der Waals surface area contributed by atoms with Crippen LogP contribution in [0.4, 0.5) is 0 Å². The lowest BCUT2D eigenvalue weighted by molar-refractivity contribution is 0.0863. The fraction of sp³-hybridized carbons (Fsp3) is 0.615. The Morgan fingerprint density at radius 2 is 2.24 bits per heavy atom. The first kappa shape index (κ1) is 13.8. The maximum atomic E-state index is 11.9. The van der Waals surface area contributed by atoms with E-state index < -0.39 is 6.10 Å². The second-order valence-electron chi connectivity index (χ2n) is 4.61. The molecule has 2 N–H and O–H groups in total. The van der Waals surface area contributed by atoms with E-state index in [9.17, 15) is 9.90 Å². The highest BCUT2D eigenvalue weighted by Crippen LogP contribution is 2.04. The number of aromatic nitrogens is 1. The molecule has 0 aliphatic carbocycles. The molecule has 1 amide bonds. The van der Waals surface area contributed by atoms with Crippen molar-refractivity contribution in [3.8, 4) is 0 Å². The lowest BCUT2D eigenvalue weighted by Gasteiger charge is -2.15. The van der Waals surface area contributed by atoms with Gasteiger partial charge >= 0.3 is 0 Å². The third-order valence-corrected chi connectivity index (χ3v) is 2.77. The number of carbonyl (C=O) groups excluding carboxylic acids is 1. The zero-order valence-corrected chi connectivity index (χ0v) is 10.8. The predicted molar refractivity (Wildman–Crippen MR) is 67.9 cm³/mol. The van der Waals surface area contributed by atoms with Gasteiger partial charge in [0.05, 0.1) is 6.10 Å². The number of hydrogen-bond acceptors (Lipinski definition) is 2. The van der Waals surface area contributed by atoms with E-state index >= 15 is 0 Å². The minimum absolute atomic E-state index is 0.122. The van der Waals surface area contributed by atoms with Gasteiger partial charge in [0.2, 0.25) is 0 Å². The normalized spacial score (nSPS) is 12.8. The van der Waals surface area contributed by atoms with E-state index in [1.54, 1.807) is 6.07 Å². The zero-order chi connectivity index (χ0) is 12.8. The maximum Gasteiger partial charge on any atom is 0.267 e. The molecule has 0 aliphatic rings. The molecule has 4 nitrogen and oxygen atoms in total. The monoisotopic (exact) mass is 238 g/mol. The van der Waals surface area contributed by atoms with Crippen LogP contribution in [0, 0.1) is 5.92 Å². The van der Waals surface area contributed by atoms with Crippen molar-refractivity contribution in [2.45, 2.75) is 39.8 Å². The quantitative estimate of drug-likeness (QED) is 0.791. The van der Waals surface area contributed by atoms with Crippen molar-refractivity contribution in [1.29, 1.82) is 0 Å². The summed E-state index contributed by atoms with van der Waals surface area (Å²) in [6.45, 7) is 7.06. The third kappa shape index (κ3) is 3.89. The Balaban J connectivity index is 2.55. The molecular formula is C13H22N2O2.